The minimum atomic E-state index is -0.429. The lowest BCUT2D eigenvalue weighted by molar-refractivity contribution is -0.388. The molecule has 0 amide bonds. The summed E-state index contributed by atoms with van der Waals surface area (Å²) < 4.78 is 4.89. The first-order valence-electron chi connectivity index (χ1n) is 4.64. The highest BCUT2D eigenvalue weighted by Crippen LogP contribution is 2.28. The summed E-state index contributed by atoms with van der Waals surface area (Å²) in [5, 5.41) is 14.0. The summed E-state index contributed by atoms with van der Waals surface area (Å²) >= 11 is 1.31. The van der Waals surface area contributed by atoms with Gasteiger partial charge in [0.25, 0.3) is 0 Å². The lowest BCUT2D eigenvalue weighted by Crippen LogP contribution is -1.99. The van der Waals surface area contributed by atoms with E-state index in [1.807, 2.05) is 0 Å². The number of nitro groups is 1. The second-order valence-corrected chi connectivity index (χ2v) is 3.95. The molecule has 16 heavy (non-hydrogen) atoms. The van der Waals surface area contributed by atoms with E-state index in [4.69, 9.17) is 4.74 Å². The van der Waals surface area contributed by atoms with Crippen molar-refractivity contribution in [2.24, 2.45) is 0 Å². The summed E-state index contributed by atoms with van der Waals surface area (Å²) in [5.74, 6) is 1.25. The van der Waals surface area contributed by atoms with Crippen LogP contribution in [-0.2, 0) is 4.74 Å². The smallest absolute Gasteiger partial charge is 0.301 e. The Labute approximate surface area is 97.6 Å². The molecule has 0 aliphatic carbocycles. The number of thioether (sulfide) groups is 1. The van der Waals surface area contributed by atoms with Gasteiger partial charge in [-0.15, -0.1) is 0 Å². The number of hydrogen-bond donors (Lipinski definition) is 1. The van der Waals surface area contributed by atoms with Crippen molar-refractivity contribution < 1.29 is 9.66 Å². The third-order valence-electron chi connectivity index (χ3n) is 1.82. The quantitative estimate of drug-likeness (QED) is 0.355. The van der Waals surface area contributed by atoms with Crippen LogP contribution in [0.1, 0.15) is 0 Å². The Balaban J connectivity index is 2.87. The predicted molar refractivity (Wildman–Crippen MR) is 63.0 cm³/mol. The van der Waals surface area contributed by atoms with Crippen LogP contribution in [0.15, 0.2) is 17.2 Å². The van der Waals surface area contributed by atoms with Crippen molar-refractivity contribution in [3.63, 3.8) is 0 Å². The molecule has 0 unspecified atom stereocenters. The Morgan fingerprint density at radius 2 is 2.38 bits per heavy atom. The van der Waals surface area contributed by atoms with Crippen LogP contribution in [0.2, 0.25) is 0 Å². The van der Waals surface area contributed by atoms with Gasteiger partial charge >= 0.3 is 5.69 Å². The van der Waals surface area contributed by atoms with Gasteiger partial charge in [0, 0.05) is 26.0 Å². The Morgan fingerprint density at radius 3 is 2.94 bits per heavy atom. The molecule has 0 aromatic carbocycles. The number of hydrogen-bond acceptors (Lipinski definition) is 6. The van der Waals surface area contributed by atoms with Crippen molar-refractivity contribution in [3.8, 4) is 0 Å². The van der Waals surface area contributed by atoms with Crippen molar-refractivity contribution in [3.05, 3.63) is 22.2 Å². The van der Waals surface area contributed by atoms with E-state index in [1.165, 1.54) is 17.8 Å². The van der Waals surface area contributed by atoms with Gasteiger partial charge in [-0.1, -0.05) is 11.8 Å². The molecule has 0 atom stereocenters. The molecule has 0 saturated carbocycles. The first-order valence-corrected chi connectivity index (χ1v) is 5.62. The highest BCUT2D eigenvalue weighted by atomic mass is 32.2. The molecular weight excluding hydrogens is 230 g/mol. The third kappa shape index (κ3) is 3.35. The van der Waals surface area contributed by atoms with Crippen LogP contribution in [0.3, 0.4) is 0 Å². The van der Waals surface area contributed by atoms with Gasteiger partial charge in [0.2, 0.25) is 0 Å². The number of ether oxygens (including phenoxy) is 1. The highest BCUT2D eigenvalue weighted by molar-refractivity contribution is 7.99. The largest absolute Gasteiger partial charge is 0.384 e. The number of nitrogens with zero attached hydrogens (tertiary/aromatic N) is 2. The summed E-state index contributed by atoms with van der Waals surface area (Å²) in [6, 6.07) is 3.03. The van der Waals surface area contributed by atoms with Crippen molar-refractivity contribution in [1.82, 2.24) is 4.98 Å². The molecule has 1 aromatic rings. The zero-order chi connectivity index (χ0) is 12.0. The van der Waals surface area contributed by atoms with Crippen LogP contribution in [-0.4, -0.2) is 36.4 Å². The molecule has 0 fully saturated rings. The van der Waals surface area contributed by atoms with E-state index < -0.39 is 4.92 Å². The predicted octanol–water partition coefficient (Wildman–Crippen LogP) is 1.77. The van der Waals surface area contributed by atoms with Crippen LogP contribution in [0.4, 0.5) is 11.5 Å². The third-order valence-corrected chi connectivity index (χ3v) is 2.76. The monoisotopic (exact) mass is 243 g/mol. The van der Waals surface area contributed by atoms with Crippen LogP contribution < -0.4 is 5.32 Å². The van der Waals surface area contributed by atoms with Gasteiger partial charge in [-0.3, -0.25) is 10.1 Å². The summed E-state index contributed by atoms with van der Waals surface area (Å²) in [5.41, 5.74) is 0.0279. The van der Waals surface area contributed by atoms with Gasteiger partial charge in [0.15, 0.2) is 5.03 Å². The van der Waals surface area contributed by atoms with Gasteiger partial charge in [0.1, 0.15) is 5.82 Å². The van der Waals surface area contributed by atoms with E-state index in [0.717, 1.165) is 0 Å². The average Bonchev–Trinajstić information content (AvgIpc) is 2.29. The zero-order valence-electron chi connectivity index (χ0n) is 9.10. The van der Waals surface area contributed by atoms with E-state index in [0.29, 0.717) is 23.2 Å². The van der Waals surface area contributed by atoms with Crippen LogP contribution in [0, 0.1) is 10.1 Å². The molecule has 0 spiro atoms. The van der Waals surface area contributed by atoms with Crippen LogP contribution >= 0.6 is 11.8 Å². The highest BCUT2D eigenvalue weighted by Gasteiger charge is 2.15. The first-order chi connectivity index (χ1) is 7.69. The van der Waals surface area contributed by atoms with Crippen molar-refractivity contribution >= 4 is 23.3 Å². The van der Waals surface area contributed by atoms with Gasteiger partial charge in [-0.25, -0.2) is 4.98 Å². The maximum absolute atomic E-state index is 10.8. The van der Waals surface area contributed by atoms with Crippen LogP contribution in [0.25, 0.3) is 0 Å². The van der Waals surface area contributed by atoms with Crippen molar-refractivity contribution in [2.75, 3.05) is 31.8 Å². The number of aromatic nitrogens is 1. The maximum atomic E-state index is 10.8. The van der Waals surface area contributed by atoms with Crippen LogP contribution in [0.5, 0.6) is 0 Å². The minimum absolute atomic E-state index is 0.0279. The van der Waals surface area contributed by atoms with Gasteiger partial charge in [-0.05, 0) is 6.07 Å². The molecule has 1 aromatic heterocycles. The minimum Gasteiger partial charge on any atom is -0.384 e. The number of pyridine rings is 1. The van der Waals surface area contributed by atoms with Crippen molar-refractivity contribution in [1.29, 1.82) is 0 Å². The summed E-state index contributed by atoms with van der Waals surface area (Å²) in [6.07, 6.45) is 0. The summed E-state index contributed by atoms with van der Waals surface area (Å²) in [6.45, 7) is 0.535. The molecule has 1 N–H and O–H groups in total. The summed E-state index contributed by atoms with van der Waals surface area (Å²) in [4.78, 5) is 14.5. The van der Waals surface area contributed by atoms with E-state index in [9.17, 15) is 10.1 Å². The Bertz CT molecular complexity index is 373. The maximum Gasteiger partial charge on any atom is 0.301 e. The fourth-order valence-electron chi connectivity index (χ4n) is 1.04. The fraction of sp³-hybridized carbons (Fsp3) is 0.444. The molecule has 1 rings (SSSR count). The number of methoxy groups -OCH3 is 1. The molecule has 0 aliphatic rings. The fourth-order valence-corrected chi connectivity index (χ4v) is 1.94. The topological polar surface area (TPSA) is 77.3 Å². The number of rotatable bonds is 6. The number of anilines is 1. The second kappa shape index (κ2) is 6.29. The summed E-state index contributed by atoms with van der Waals surface area (Å²) in [7, 11) is 3.31. The van der Waals surface area contributed by atoms with E-state index in [2.05, 4.69) is 10.3 Å². The lowest BCUT2D eigenvalue weighted by Gasteiger charge is -2.04. The van der Waals surface area contributed by atoms with Gasteiger partial charge < -0.3 is 10.1 Å². The molecular formula is C9H13N3O3S. The lowest BCUT2D eigenvalue weighted by atomic mass is 10.4. The van der Waals surface area contributed by atoms with Gasteiger partial charge in [-0.2, -0.15) is 0 Å². The molecule has 7 heteroatoms. The number of nitrogens with one attached hydrogen (secondary N) is 1. The Morgan fingerprint density at radius 1 is 1.62 bits per heavy atom. The standard InChI is InChI=1S/C9H13N3O3S/c1-10-8-4-3-7(12(13)14)9(11-8)16-6-5-15-2/h3-4H,5-6H2,1-2H3,(H,10,11). The van der Waals surface area contributed by atoms with Gasteiger partial charge in [0.05, 0.1) is 11.5 Å². The normalized spacial score (nSPS) is 10.1. The second-order valence-electron chi connectivity index (χ2n) is 2.87. The molecule has 88 valence electrons. The zero-order valence-corrected chi connectivity index (χ0v) is 9.91. The van der Waals surface area contributed by atoms with E-state index >= 15 is 0 Å². The molecule has 0 bridgehead atoms. The molecule has 0 aliphatic heterocycles. The Kier molecular flexibility index (Phi) is 5.00. The van der Waals surface area contributed by atoms with E-state index in [-0.39, 0.29) is 5.69 Å². The van der Waals surface area contributed by atoms with Crippen molar-refractivity contribution in [2.45, 2.75) is 5.03 Å². The SMILES string of the molecule is CNc1ccc([N+](=O)[O-])c(SCCOC)n1. The molecule has 6 nitrogen and oxygen atoms in total. The average molecular weight is 243 g/mol. The molecule has 1 heterocycles. The van der Waals surface area contributed by atoms with E-state index in [1.54, 1.807) is 20.2 Å². The molecule has 0 saturated heterocycles. The Hall–Kier alpha value is -1.34. The molecule has 0 radical (unpaired) electrons. The first kappa shape index (κ1) is 12.7.